The molecule has 0 aliphatic carbocycles. The van der Waals surface area contributed by atoms with Gasteiger partial charge in [0.15, 0.2) is 0 Å². The van der Waals surface area contributed by atoms with E-state index in [2.05, 4.69) is 15.4 Å². The lowest BCUT2D eigenvalue weighted by Crippen LogP contribution is -2.52. The molecule has 128 valence electrons. The van der Waals surface area contributed by atoms with Crippen molar-refractivity contribution in [3.63, 3.8) is 0 Å². The Morgan fingerprint density at radius 2 is 2.04 bits per heavy atom. The van der Waals surface area contributed by atoms with Crippen LogP contribution in [0.4, 0.5) is 4.39 Å². The van der Waals surface area contributed by atoms with E-state index in [4.69, 9.17) is 0 Å². The highest BCUT2D eigenvalue weighted by atomic mass is 32.2. The first-order valence-corrected chi connectivity index (χ1v) is 9.15. The van der Waals surface area contributed by atoms with Crippen molar-refractivity contribution in [3.05, 3.63) is 30.1 Å². The molecular formula is C15H22FN3O3S. The average molecular weight is 343 g/mol. The monoisotopic (exact) mass is 343 g/mol. The summed E-state index contributed by atoms with van der Waals surface area (Å²) in [7, 11) is -3.73. The van der Waals surface area contributed by atoms with E-state index >= 15 is 0 Å². The molecule has 8 heteroatoms. The molecule has 0 spiro atoms. The van der Waals surface area contributed by atoms with Gasteiger partial charge in [-0.1, -0.05) is 0 Å². The van der Waals surface area contributed by atoms with Gasteiger partial charge in [0.2, 0.25) is 15.9 Å². The van der Waals surface area contributed by atoms with Crippen LogP contribution in [0.5, 0.6) is 0 Å². The third-order valence-corrected chi connectivity index (χ3v) is 5.35. The molecule has 0 bridgehead atoms. The van der Waals surface area contributed by atoms with Gasteiger partial charge in [-0.2, -0.15) is 0 Å². The van der Waals surface area contributed by atoms with E-state index < -0.39 is 15.8 Å². The van der Waals surface area contributed by atoms with Crippen molar-refractivity contribution >= 4 is 15.9 Å². The molecule has 23 heavy (non-hydrogen) atoms. The van der Waals surface area contributed by atoms with Crippen LogP contribution in [0.2, 0.25) is 0 Å². The molecule has 0 aromatic heterocycles. The zero-order valence-corrected chi connectivity index (χ0v) is 13.8. The maximum absolute atomic E-state index is 12.8. The van der Waals surface area contributed by atoms with Crippen LogP contribution in [0.3, 0.4) is 0 Å². The number of amides is 1. The molecule has 1 saturated heterocycles. The summed E-state index contributed by atoms with van der Waals surface area (Å²) in [6, 6.07) is 4.83. The Balaban J connectivity index is 1.79. The third-order valence-electron chi connectivity index (χ3n) is 3.88. The number of benzene rings is 1. The standard InChI is InChI=1S/C15H22FN3O3S/c1-11-14(3-2-9-17-11)19-15(20)8-10-18-23(21,22)13-6-4-12(16)5-7-13/h4-7,11,14,17-18H,2-3,8-10H2,1H3,(H,19,20). The zero-order chi connectivity index (χ0) is 16.9. The number of sulfonamides is 1. The molecule has 2 unspecified atom stereocenters. The van der Waals surface area contributed by atoms with Gasteiger partial charge in [0.25, 0.3) is 0 Å². The van der Waals surface area contributed by atoms with Crippen molar-refractivity contribution in [1.82, 2.24) is 15.4 Å². The van der Waals surface area contributed by atoms with Crippen LogP contribution in [0.1, 0.15) is 26.2 Å². The second-order valence-corrected chi connectivity index (χ2v) is 7.43. The number of carbonyl (C=O) groups excluding carboxylic acids is 1. The highest BCUT2D eigenvalue weighted by Gasteiger charge is 2.22. The number of piperidine rings is 1. The van der Waals surface area contributed by atoms with Gasteiger partial charge in [0.05, 0.1) is 4.90 Å². The number of hydrogen-bond acceptors (Lipinski definition) is 4. The summed E-state index contributed by atoms with van der Waals surface area (Å²) in [6.07, 6.45) is 1.98. The molecule has 1 heterocycles. The van der Waals surface area contributed by atoms with E-state index in [1.165, 1.54) is 12.1 Å². The SMILES string of the molecule is CC1NCCCC1NC(=O)CCNS(=O)(=O)c1ccc(F)cc1. The average Bonchev–Trinajstić information content (AvgIpc) is 2.50. The normalized spacial score (nSPS) is 21.8. The summed E-state index contributed by atoms with van der Waals surface area (Å²) in [5.74, 6) is -0.689. The van der Waals surface area contributed by atoms with E-state index in [-0.39, 0.29) is 35.9 Å². The smallest absolute Gasteiger partial charge is 0.240 e. The number of nitrogens with one attached hydrogen (secondary N) is 3. The minimum Gasteiger partial charge on any atom is -0.352 e. The summed E-state index contributed by atoms with van der Waals surface area (Å²) in [4.78, 5) is 11.9. The van der Waals surface area contributed by atoms with E-state index in [0.29, 0.717) is 0 Å². The molecule has 1 amide bonds. The number of carbonyl (C=O) groups is 1. The fourth-order valence-electron chi connectivity index (χ4n) is 2.52. The van der Waals surface area contributed by atoms with Gasteiger partial charge in [0.1, 0.15) is 5.82 Å². The van der Waals surface area contributed by atoms with Crippen molar-refractivity contribution in [3.8, 4) is 0 Å². The fourth-order valence-corrected chi connectivity index (χ4v) is 3.55. The lowest BCUT2D eigenvalue weighted by molar-refractivity contribution is -0.122. The van der Waals surface area contributed by atoms with Gasteiger partial charge in [-0.3, -0.25) is 4.79 Å². The Labute approximate surface area is 135 Å². The van der Waals surface area contributed by atoms with Crippen molar-refractivity contribution in [2.24, 2.45) is 0 Å². The summed E-state index contributed by atoms with van der Waals surface area (Å²) in [5.41, 5.74) is 0. The maximum atomic E-state index is 12.8. The summed E-state index contributed by atoms with van der Waals surface area (Å²) in [5, 5.41) is 6.20. The van der Waals surface area contributed by atoms with Gasteiger partial charge in [0, 0.05) is 25.0 Å². The Kier molecular flexibility index (Phi) is 6.09. The van der Waals surface area contributed by atoms with Crippen LogP contribution in [0.15, 0.2) is 29.2 Å². The molecule has 1 aliphatic heterocycles. The minimum absolute atomic E-state index is 0.0000720. The Bertz CT molecular complexity index is 634. The Hall–Kier alpha value is -1.51. The maximum Gasteiger partial charge on any atom is 0.240 e. The van der Waals surface area contributed by atoms with Gasteiger partial charge in [-0.15, -0.1) is 0 Å². The first-order chi connectivity index (χ1) is 10.9. The van der Waals surface area contributed by atoms with Crippen LogP contribution in [-0.4, -0.2) is 39.5 Å². The predicted octanol–water partition coefficient (Wildman–Crippen LogP) is 0.751. The van der Waals surface area contributed by atoms with Gasteiger partial charge >= 0.3 is 0 Å². The number of rotatable bonds is 6. The van der Waals surface area contributed by atoms with Crippen LogP contribution in [0.25, 0.3) is 0 Å². The van der Waals surface area contributed by atoms with E-state index in [1.54, 1.807) is 0 Å². The molecule has 6 nitrogen and oxygen atoms in total. The molecule has 1 aromatic rings. The molecule has 0 radical (unpaired) electrons. The molecular weight excluding hydrogens is 321 g/mol. The Morgan fingerprint density at radius 3 is 2.70 bits per heavy atom. The molecule has 1 fully saturated rings. The van der Waals surface area contributed by atoms with Gasteiger partial charge in [-0.05, 0) is 50.6 Å². The summed E-state index contributed by atoms with van der Waals surface area (Å²) in [6.45, 7) is 2.96. The lowest BCUT2D eigenvalue weighted by atomic mass is 10.00. The first kappa shape index (κ1) is 17.8. The van der Waals surface area contributed by atoms with Gasteiger partial charge in [-0.25, -0.2) is 17.5 Å². The molecule has 2 rings (SSSR count). The zero-order valence-electron chi connectivity index (χ0n) is 13.0. The third kappa shape index (κ3) is 5.26. The highest BCUT2D eigenvalue weighted by Crippen LogP contribution is 2.10. The van der Waals surface area contributed by atoms with Crippen LogP contribution in [0, 0.1) is 5.82 Å². The highest BCUT2D eigenvalue weighted by molar-refractivity contribution is 7.89. The summed E-state index contributed by atoms with van der Waals surface area (Å²) < 4.78 is 39.1. The summed E-state index contributed by atoms with van der Waals surface area (Å²) >= 11 is 0. The van der Waals surface area contributed by atoms with Crippen molar-refractivity contribution in [2.75, 3.05) is 13.1 Å². The first-order valence-electron chi connectivity index (χ1n) is 7.66. The second-order valence-electron chi connectivity index (χ2n) is 5.66. The van der Waals surface area contributed by atoms with Gasteiger partial charge < -0.3 is 10.6 Å². The van der Waals surface area contributed by atoms with Crippen molar-refractivity contribution < 1.29 is 17.6 Å². The largest absolute Gasteiger partial charge is 0.352 e. The molecule has 1 aromatic carbocycles. The molecule has 2 atom stereocenters. The lowest BCUT2D eigenvalue weighted by Gasteiger charge is -2.30. The molecule has 3 N–H and O–H groups in total. The Morgan fingerprint density at radius 1 is 1.35 bits per heavy atom. The fraction of sp³-hybridized carbons (Fsp3) is 0.533. The molecule has 0 saturated carbocycles. The van der Waals surface area contributed by atoms with Crippen LogP contribution < -0.4 is 15.4 Å². The second kappa shape index (κ2) is 7.85. The van der Waals surface area contributed by atoms with Crippen molar-refractivity contribution in [1.29, 1.82) is 0 Å². The van der Waals surface area contributed by atoms with Crippen LogP contribution in [-0.2, 0) is 14.8 Å². The minimum atomic E-state index is -3.73. The van der Waals surface area contributed by atoms with E-state index in [9.17, 15) is 17.6 Å². The van der Waals surface area contributed by atoms with Crippen LogP contribution >= 0.6 is 0 Å². The van der Waals surface area contributed by atoms with E-state index in [0.717, 1.165) is 31.5 Å². The quantitative estimate of drug-likeness (QED) is 0.711. The number of hydrogen-bond donors (Lipinski definition) is 3. The van der Waals surface area contributed by atoms with Crippen molar-refractivity contribution in [2.45, 2.75) is 43.2 Å². The number of halogens is 1. The molecule has 1 aliphatic rings. The predicted molar refractivity (Wildman–Crippen MR) is 84.8 cm³/mol. The topological polar surface area (TPSA) is 87.3 Å². The van der Waals surface area contributed by atoms with E-state index in [1.807, 2.05) is 6.92 Å².